The summed E-state index contributed by atoms with van der Waals surface area (Å²) in [4.78, 5) is 14.8. The van der Waals surface area contributed by atoms with Gasteiger partial charge >= 0.3 is 0 Å². The second kappa shape index (κ2) is 8.91. The molecule has 0 aliphatic rings. The number of halogens is 1. The van der Waals surface area contributed by atoms with E-state index in [1.165, 1.54) is 0 Å². The maximum absolute atomic E-state index is 13.4. The summed E-state index contributed by atoms with van der Waals surface area (Å²) in [7, 11) is -2.17. The average Bonchev–Trinajstić information content (AvgIpc) is 2.76. The molecule has 0 saturated heterocycles. The molecule has 3 aromatic carbocycles. The molecule has 31 heavy (non-hydrogen) atoms. The van der Waals surface area contributed by atoms with E-state index in [1.807, 2.05) is 24.3 Å². The Kier molecular flexibility index (Phi) is 6.23. The van der Waals surface area contributed by atoms with Crippen molar-refractivity contribution < 1.29 is 12.8 Å². The van der Waals surface area contributed by atoms with Crippen LogP contribution in [0, 0.1) is 0 Å². The lowest BCUT2D eigenvalue weighted by molar-refractivity contribution is 0.611. The number of hydrogen-bond donors (Lipinski definition) is 0. The van der Waals surface area contributed by atoms with E-state index < -0.39 is 21.6 Å². The van der Waals surface area contributed by atoms with Crippen LogP contribution in [-0.2, 0) is 28.0 Å². The molecule has 0 aliphatic heterocycles. The van der Waals surface area contributed by atoms with E-state index in [-0.39, 0.29) is 5.43 Å². The minimum atomic E-state index is -1.10. The van der Waals surface area contributed by atoms with Gasteiger partial charge in [0.15, 0.2) is 5.43 Å². The van der Waals surface area contributed by atoms with Gasteiger partial charge in [-0.1, -0.05) is 35.9 Å². The molecule has 4 rings (SSSR count). The van der Waals surface area contributed by atoms with Crippen LogP contribution in [0.4, 0.5) is 0 Å². The summed E-state index contributed by atoms with van der Waals surface area (Å²) in [6, 6.07) is 19.5. The van der Waals surface area contributed by atoms with Crippen LogP contribution in [0.2, 0.25) is 5.02 Å². The van der Waals surface area contributed by atoms with Crippen molar-refractivity contribution in [3.05, 3.63) is 93.1 Å². The molecule has 0 radical (unpaired) electrons. The maximum atomic E-state index is 13.4. The third-order valence-corrected chi connectivity index (χ3v) is 7.14. The minimum absolute atomic E-state index is 0.148. The quantitative estimate of drug-likeness (QED) is 0.403. The Labute approximate surface area is 189 Å². The Morgan fingerprint density at radius 3 is 2.00 bits per heavy atom. The third-order valence-electron chi connectivity index (χ3n) is 5.03. The lowest BCUT2D eigenvalue weighted by atomic mass is 9.98. The van der Waals surface area contributed by atoms with E-state index in [0.717, 1.165) is 16.0 Å². The Morgan fingerprint density at radius 1 is 0.839 bits per heavy atom. The predicted molar refractivity (Wildman–Crippen MR) is 127 cm³/mol. The van der Waals surface area contributed by atoms with Crippen molar-refractivity contribution >= 4 is 44.2 Å². The summed E-state index contributed by atoms with van der Waals surface area (Å²) in [6.07, 6.45) is 3.59. The van der Waals surface area contributed by atoms with E-state index in [2.05, 4.69) is 0 Å². The van der Waals surface area contributed by atoms with Crippen LogP contribution >= 0.6 is 11.6 Å². The van der Waals surface area contributed by atoms with Crippen molar-refractivity contribution in [1.82, 2.24) is 0 Å². The van der Waals surface area contributed by atoms with Crippen LogP contribution in [0.15, 0.2) is 85.7 Å². The SMILES string of the molecule is CS(=O)c1ccc(Cc2c(-c3ccc(S(C)=O)cc3)oc3ccc(Cl)cc3c2=O)cc1. The minimum Gasteiger partial charge on any atom is -0.456 e. The Morgan fingerprint density at radius 2 is 1.42 bits per heavy atom. The van der Waals surface area contributed by atoms with Gasteiger partial charge in [-0.05, 0) is 48.0 Å². The zero-order valence-electron chi connectivity index (χ0n) is 16.9. The van der Waals surface area contributed by atoms with Gasteiger partial charge in [0.05, 0.1) is 5.39 Å². The third kappa shape index (κ3) is 4.56. The molecule has 0 N–H and O–H groups in total. The summed E-state index contributed by atoms with van der Waals surface area (Å²) >= 11 is 6.12. The van der Waals surface area contributed by atoms with Crippen molar-refractivity contribution in [3.8, 4) is 11.3 Å². The fraction of sp³-hybridized carbons (Fsp3) is 0.125. The predicted octanol–water partition coefficient (Wildman–Crippen LogP) is 5.18. The Hall–Kier alpha value is -2.54. The first-order valence-electron chi connectivity index (χ1n) is 9.45. The zero-order valence-corrected chi connectivity index (χ0v) is 19.3. The fourth-order valence-corrected chi connectivity index (χ4v) is 4.61. The second-order valence-electron chi connectivity index (χ2n) is 7.13. The first-order chi connectivity index (χ1) is 14.8. The largest absolute Gasteiger partial charge is 0.456 e. The summed E-state index contributed by atoms with van der Waals surface area (Å²) < 4.78 is 29.6. The van der Waals surface area contributed by atoms with Crippen molar-refractivity contribution in [2.45, 2.75) is 16.2 Å². The lowest BCUT2D eigenvalue weighted by Crippen LogP contribution is -2.12. The standard InChI is InChI=1S/C24H19ClO4S2/c1-30(27)18-8-3-15(4-9-18)13-21-23(26)20-14-17(25)7-12-22(20)29-24(21)16-5-10-19(11-6-16)31(2)28/h3-12,14H,13H2,1-2H3. The van der Waals surface area contributed by atoms with Crippen molar-refractivity contribution in [2.75, 3.05) is 12.5 Å². The van der Waals surface area contributed by atoms with Crippen molar-refractivity contribution in [2.24, 2.45) is 0 Å². The smallest absolute Gasteiger partial charge is 0.196 e. The zero-order chi connectivity index (χ0) is 22.1. The Balaban J connectivity index is 1.89. The van der Waals surface area contributed by atoms with Crippen LogP contribution < -0.4 is 5.43 Å². The molecule has 0 saturated carbocycles. The molecule has 0 spiro atoms. The van der Waals surface area contributed by atoms with Gasteiger partial charge in [-0.25, -0.2) is 0 Å². The monoisotopic (exact) mass is 470 g/mol. The molecule has 1 heterocycles. The first-order valence-corrected chi connectivity index (χ1v) is 12.9. The molecule has 1 aromatic heterocycles. The highest BCUT2D eigenvalue weighted by Gasteiger charge is 2.17. The highest BCUT2D eigenvalue weighted by molar-refractivity contribution is 7.84. The molecule has 0 bridgehead atoms. The molecule has 0 fully saturated rings. The molecular weight excluding hydrogens is 452 g/mol. The molecule has 7 heteroatoms. The molecule has 2 atom stereocenters. The summed E-state index contributed by atoms with van der Waals surface area (Å²) in [6.45, 7) is 0. The summed E-state index contributed by atoms with van der Waals surface area (Å²) in [5, 5.41) is 0.881. The van der Waals surface area contributed by atoms with Gasteiger partial charge in [0.1, 0.15) is 11.3 Å². The highest BCUT2D eigenvalue weighted by atomic mass is 35.5. The van der Waals surface area contributed by atoms with E-state index >= 15 is 0 Å². The normalized spacial score (nSPS) is 13.3. The van der Waals surface area contributed by atoms with Crippen LogP contribution in [0.5, 0.6) is 0 Å². The van der Waals surface area contributed by atoms with Gasteiger partial charge in [0, 0.05) is 66.5 Å². The van der Waals surface area contributed by atoms with E-state index in [1.54, 1.807) is 55.0 Å². The second-order valence-corrected chi connectivity index (χ2v) is 10.3. The summed E-state index contributed by atoms with van der Waals surface area (Å²) in [5.41, 5.74) is 2.43. The first kappa shape index (κ1) is 21.7. The van der Waals surface area contributed by atoms with Crippen LogP contribution in [0.3, 0.4) is 0 Å². The van der Waals surface area contributed by atoms with Gasteiger partial charge in [-0.15, -0.1) is 0 Å². The van der Waals surface area contributed by atoms with Gasteiger partial charge < -0.3 is 4.42 Å². The van der Waals surface area contributed by atoms with Crippen molar-refractivity contribution in [3.63, 3.8) is 0 Å². The summed E-state index contributed by atoms with van der Waals surface area (Å²) in [5.74, 6) is 0.469. The number of rotatable bonds is 5. The lowest BCUT2D eigenvalue weighted by Gasteiger charge is -2.11. The topological polar surface area (TPSA) is 64.3 Å². The number of fused-ring (bicyclic) bond motifs is 1. The molecule has 4 nitrogen and oxygen atoms in total. The highest BCUT2D eigenvalue weighted by Crippen LogP contribution is 2.29. The fourth-order valence-electron chi connectivity index (χ4n) is 3.40. The molecule has 2 unspecified atom stereocenters. The maximum Gasteiger partial charge on any atom is 0.196 e. The molecule has 4 aromatic rings. The van der Waals surface area contributed by atoms with Crippen LogP contribution in [0.1, 0.15) is 11.1 Å². The molecule has 0 amide bonds. The van der Waals surface area contributed by atoms with Gasteiger partial charge in [-0.2, -0.15) is 0 Å². The van der Waals surface area contributed by atoms with E-state index in [9.17, 15) is 13.2 Å². The molecule has 0 aliphatic carbocycles. The van der Waals surface area contributed by atoms with E-state index in [4.69, 9.17) is 16.0 Å². The molecule has 158 valence electrons. The van der Waals surface area contributed by atoms with Gasteiger partial charge in [-0.3, -0.25) is 13.2 Å². The van der Waals surface area contributed by atoms with E-state index in [0.29, 0.717) is 38.6 Å². The number of benzene rings is 3. The number of hydrogen-bond acceptors (Lipinski definition) is 4. The van der Waals surface area contributed by atoms with Gasteiger partial charge in [0.2, 0.25) is 0 Å². The van der Waals surface area contributed by atoms with Crippen LogP contribution in [0.25, 0.3) is 22.3 Å². The van der Waals surface area contributed by atoms with Gasteiger partial charge in [0.25, 0.3) is 0 Å². The average molecular weight is 471 g/mol. The Bertz CT molecular complexity index is 1370. The van der Waals surface area contributed by atoms with Crippen LogP contribution in [-0.4, -0.2) is 20.9 Å². The molecular formula is C24H19ClO4S2. The van der Waals surface area contributed by atoms with Crippen molar-refractivity contribution in [1.29, 1.82) is 0 Å².